The van der Waals surface area contributed by atoms with Gasteiger partial charge in [-0.25, -0.2) is 0 Å². The Morgan fingerprint density at radius 1 is 0.938 bits per heavy atom. The summed E-state index contributed by atoms with van der Waals surface area (Å²) in [7, 11) is 1.45. The lowest BCUT2D eigenvalue weighted by Gasteiger charge is -2.35. The fraction of sp³-hybridized carbons (Fsp3) is 0.536. The Hall–Kier alpha value is -2.17. The number of hydrogen-bond donors (Lipinski definition) is 0. The van der Waals surface area contributed by atoms with Crippen molar-refractivity contribution >= 4 is 5.97 Å². The lowest BCUT2D eigenvalue weighted by atomic mass is 10.0. The van der Waals surface area contributed by atoms with E-state index in [0.29, 0.717) is 13.0 Å². The summed E-state index contributed by atoms with van der Waals surface area (Å²) in [4.78, 5) is 13.7. The molecule has 1 heterocycles. The van der Waals surface area contributed by atoms with Gasteiger partial charge in [0.2, 0.25) is 0 Å². The van der Waals surface area contributed by atoms with Crippen LogP contribution in [0.1, 0.15) is 69.4 Å². The van der Waals surface area contributed by atoms with E-state index < -0.39 is 0 Å². The van der Waals surface area contributed by atoms with Crippen LogP contribution < -0.4 is 0 Å². The second-order valence-electron chi connectivity index (χ2n) is 8.83. The minimum Gasteiger partial charge on any atom is -0.469 e. The number of carbonyl (C=O) groups excluding carboxylic acids is 1. The molecule has 174 valence electrons. The molecule has 1 aliphatic rings. The molecular formula is C28H39NO3. The Labute approximate surface area is 193 Å². The molecule has 1 fully saturated rings. The van der Waals surface area contributed by atoms with E-state index in [4.69, 9.17) is 9.47 Å². The van der Waals surface area contributed by atoms with Crippen LogP contribution >= 0.6 is 0 Å². The summed E-state index contributed by atoms with van der Waals surface area (Å²) < 4.78 is 11.0. The van der Waals surface area contributed by atoms with Gasteiger partial charge in [0.05, 0.1) is 13.7 Å². The molecule has 0 bridgehead atoms. The zero-order valence-corrected chi connectivity index (χ0v) is 19.9. The van der Waals surface area contributed by atoms with Gasteiger partial charge in [-0.05, 0) is 60.8 Å². The first-order valence-electron chi connectivity index (χ1n) is 12.3. The van der Waals surface area contributed by atoms with Crippen LogP contribution in [0.15, 0.2) is 48.5 Å². The van der Waals surface area contributed by atoms with Crippen LogP contribution in [0.3, 0.4) is 0 Å². The number of likely N-dealkylation sites (tertiary alicyclic amines) is 1. The van der Waals surface area contributed by atoms with Crippen LogP contribution in [0.4, 0.5) is 0 Å². The second-order valence-corrected chi connectivity index (χ2v) is 8.83. The summed E-state index contributed by atoms with van der Waals surface area (Å²) in [6.45, 7) is 5.02. The number of piperidine rings is 1. The minimum atomic E-state index is -0.108. The number of nitrogens with zero attached hydrogens (tertiary/aromatic N) is 1. The van der Waals surface area contributed by atoms with Gasteiger partial charge in [0.1, 0.15) is 6.23 Å². The first-order valence-corrected chi connectivity index (χ1v) is 12.3. The highest BCUT2D eigenvalue weighted by Crippen LogP contribution is 2.23. The highest BCUT2D eigenvalue weighted by atomic mass is 16.5. The fourth-order valence-corrected chi connectivity index (χ4v) is 4.41. The third kappa shape index (κ3) is 7.75. The third-order valence-corrected chi connectivity index (χ3v) is 6.33. The number of esters is 1. The molecule has 1 saturated heterocycles. The standard InChI is InChI=1S/C28H39NO3/c1-3-9-23-12-16-25(17-13-23)26-18-14-24(15-19-26)22-32-27-10-6-8-21-29(27)20-7-4-5-11-28(30)31-2/h12-19,27H,3-11,20-22H2,1-2H3. The summed E-state index contributed by atoms with van der Waals surface area (Å²) in [5, 5.41) is 0. The van der Waals surface area contributed by atoms with E-state index in [1.165, 1.54) is 48.6 Å². The molecule has 0 N–H and O–H groups in total. The Morgan fingerprint density at radius 2 is 1.62 bits per heavy atom. The quantitative estimate of drug-likeness (QED) is 0.286. The molecule has 0 saturated carbocycles. The molecule has 1 aliphatic heterocycles. The molecule has 0 radical (unpaired) electrons. The molecule has 2 aromatic rings. The number of unbranched alkanes of at least 4 members (excludes halogenated alkanes) is 2. The number of rotatable bonds is 12. The maximum atomic E-state index is 11.2. The summed E-state index contributed by atoms with van der Waals surface area (Å²) >= 11 is 0. The van der Waals surface area contributed by atoms with Crippen molar-refractivity contribution < 1.29 is 14.3 Å². The van der Waals surface area contributed by atoms with E-state index in [2.05, 4.69) is 60.4 Å². The van der Waals surface area contributed by atoms with Crippen molar-refractivity contribution in [1.82, 2.24) is 4.90 Å². The average Bonchev–Trinajstić information content (AvgIpc) is 2.84. The predicted molar refractivity (Wildman–Crippen MR) is 130 cm³/mol. The summed E-state index contributed by atoms with van der Waals surface area (Å²) in [6.07, 6.45) is 9.69. The number of hydrogen-bond acceptors (Lipinski definition) is 4. The monoisotopic (exact) mass is 437 g/mol. The second kappa shape index (κ2) is 13.4. The lowest BCUT2D eigenvalue weighted by molar-refractivity contribution is -0.140. The highest BCUT2D eigenvalue weighted by Gasteiger charge is 2.22. The van der Waals surface area contributed by atoms with Gasteiger partial charge in [0.15, 0.2) is 0 Å². The molecule has 4 nitrogen and oxygen atoms in total. The number of carbonyl (C=O) groups is 1. The Kier molecular flexibility index (Phi) is 10.2. The van der Waals surface area contributed by atoms with E-state index in [9.17, 15) is 4.79 Å². The van der Waals surface area contributed by atoms with Crippen molar-refractivity contribution in [2.24, 2.45) is 0 Å². The SMILES string of the molecule is CCCc1ccc(-c2ccc(COC3CCCCN3CCCCCC(=O)OC)cc2)cc1. The zero-order valence-electron chi connectivity index (χ0n) is 19.9. The highest BCUT2D eigenvalue weighted by molar-refractivity contribution is 5.69. The third-order valence-electron chi connectivity index (χ3n) is 6.33. The van der Waals surface area contributed by atoms with Gasteiger partial charge in [-0.3, -0.25) is 9.69 Å². The molecule has 4 heteroatoms. The van der Waals surface area contributed by atoms with Gasteiger partial charge in [-0.1, -0.05) is 68.3 Å². The number of ether oxygens (including phenoxy) is 2. The molecular weight excluding hydrogens is 398 g/mol. The average molecular weight is 438 g/mol. The van der Waals surface area contributed by atoms with Crippen LogP contribution in [0.2, 0.25) is 0 Å². The van der Waals surface area contributed by atoms with Crippen LogP contribution in [-0.4, -0.2) is 37.3 Å². The smallest absolute Gasteiger partial charge is 0.305 e. The van der Waals surface area contributed by atoms with E-state index in [1.807, 2.05) is 0 Å². The summed E-state index contributed by atoms with van der Waals surface area (Å²) in [5.41, 5.74) is 5.15. The Balaban J connectivity index is 1.45. The number of aryl methyl sites for hydroxylation is 1. The van der Waals surface area contributed by atoms with Gasteiger partial charge >= 0.3 is 5.97 Å². The van der Waals surface area contributed by atoms with Crippen molar-refractivity contribution in [2.45, 2.75) is 77.5 Å². The van der Waals surface area contributed by atoms with Crippen molar-refractivity contribution in [3.05, 3.63) is 59.7 Å². The van der Waals surface area contributed by atoms with Gasteiger partial charge in [-0.15, -0.1) is 0 Å². The molecule has 1 atom stereocenters. The van der Waals surface area contributed by atoms with E-state index in [-0.39, 0.29) is 12.2 Å². The van der Waals surface area contributed by atoms with Crippen LogP contribution in [0, 0.1) is 0 Å². The molecule has 32 heavy (non-hydrogen) atoms. The van der Waals surface area contributed by atoms with Gasteiger partial charge < -0.3 is 9.47 Å². The van der Waals surface area contributed by atoms with Crippen LogP contribution in [-0.2, 0) is 27.3 Å². The Morgan fingerprint density at radius 3 is 2.28 bits per heavy atom. The number of methoxy groups -OCH3 is 1. The van der Waals surface area contributed by atoms with E-state index >= 15 is 0 Å². The van der Waals surface area contributed by atoms with Crippen molar-refractivity contribution in [2.75, 3.05) is 20.2 Å². The topological polar surface area (TPSA) is 38.8 Å². The summed E-state index contributed by atoms with van der Waals surface area (Å²) in [5.74, 6) is -0.108. The zero-order chi connectivity index (χ0) is 22.6. The first kappa shape index (κ1) is 24.5. The van der Waals surface area contributed by atoms with Crippen molar-refractivity contribution in [1.29, 1.82) is 0 Å². The molecule has 0 aliphatic carbocycles. The van der Waals surface area contributed by atoms with E-state index in [1.54, 1.807) is 0 Å². The maximum Gasteiger partial charge on any atom is 0.305 e. The Bertz CT molecular complexity index is 800. The maximum absolute atomic E-state index is 11.2. The normalized spacial score (nSPS) is 16.8. The molecule has 3 rings (SSSR count). The molecule has 2 aromatic carbocycles. The first-order chi connectivity index (χ1) is 15.7. The predicted octanol–water partition coefficient (Wildman–Crippen LogP) is 6.37. The van der Waals surface area contributed by atoms with Gasteiger partial charge in [0, 0.05) is 19.5 Å². The molecule has 0 spiro atoms. The van der Waals surface area contributed by atoms with Gasteiger partial charge in [0.25, 0.3) is 0 Å². The summed E-state index contributed by atoms with van der Waals surface area (Å²) in [6, 6.07) is 17.7. The van der Waals surface area contributed by atoms with Gasteiger partial charge in [-0.2, -0.15) is 0 Å². The fourth-order valence-electron chi connectivity index (χ4n) is 4.41. The molecule has 0 amide bonds. The van der Waals surface area contributed by atoms with Crippen molar-refractivity contribution in [3.63, 3.8) is 0 Å². The lowest BCUT2D eigenvalue weighted by Crippen LogP contribution is -2.41. The largest absolute Gasteiger partial charge is 0.469 e. The van der Waals surface area contributed by atoms with Crippen LogP contribution in [0.25, 0.3) is 11.1 Å². The molecule has 0 aromatic heterocycles. The van der Waals surface area contributed by atoms with Crippen molar-refractivity contribution in [3.8, 4) is 11.1 Å². The molecule has 1 unspecified atom stereocenters. The van der Waals surface area contributed by atoms with E-state index in [0.717, 1.165) is 45.2 Å². The number of benzene rings is 2. The minimum absolute atomic E-state index is 0.108. The van der Waals surface area contributed by atoms with Crippen LogP contribution in [0.5, 0.6) is 0 Å².